The minimum absolute atomic E-state index is 0.0457. The van der Waals surface area contributed by atoms with E-state index in [0.29, 0.717) is 12.0 Å². The molecule has 1 N–H and O–H groups in total. The Balaban J connectivity index is 2.21. The van der Waals surface area contributed by atoms with Crippen LogP contribution < -0.4 is 5.32 Å². The average Bonchev–Trinajstić information content (AvgIpc) is 2.48. The first-order valence-corrected chi connectivity index (χ1v) is 4.41. The van der Waals surface area contributed by atoms with Crippen molar-refractivity contribution in [3.8, 4) is 0 Å². The van der Waals surface area contributed by atoms with Gasteiger partial charge in [-0.05, 0) is 17.7 Å². The van der Waals surface area contributed by atoms with E-state index in [1.54, 1.807) is 12.1 Å². The molecular formula is C11H10FNO. The van der Waals surface area contributed by atoms with Gasteiger partial charge in [0.2, 0.25) is 5.91 Å². The monoisotopic (exact) mass is 191 g/mol. The van der Waals surface area contributed by atoms with E-state index >= 15 is 0 Å². The maximum absolute atomic E-state index is 12.6. The van der Waals surface area contributed by atoms with Gasteiger partial charge < -0.3 is 5.32 Å². The average molecular weight is 191 g/mol. The molecule has 3 heteroatoms. The molecule has 1 aliphatic rings. The van der Waals surface area contributed by atoms with Crippen LogP contribution in [-0.4, -0.2) is 5.91 Å². The minimum atomic E-state index is -0.267. The molecule has 2 rings (SSSR count). The van der Waals surface area contributed by atoms with Crippen LogP contribution in [0.2, 0.25) is 0 Å². The number of halogens is 1. The number of amides is 1. The van der Waals surface area contributed by atoms with Crippen molar-refractivity contribution in [1.29, 1.82) is 0 Å². The number of benzene rings is 1. The van der Waals surface area contributed by atoms with Crippen molar-refractivity contribution in [2.75, 3.05) is 0 Å². The lowest BCUT2D eigenvalue weighted by Crippen LogP contribution is -2.18. The lowest BCUT2D eigenvalue weighted by molar-refractivity contribution is -0.116. The molecule has 1 heterocycles. The molecule has 1 saturated heterocycles. The Morgan fingerprint density at radius 3 is 2.50 bits per heavy atom. The lowest BCUT2D eigenvalue weighted by atomic mass is 10.0. The van der Waals surface area contributed by atoms with E-state index in [4.69, 9.17) is 0 Å². The third-order valence-electron chi connectivity index (χ3n) is 2.35. The summed E-state index contributed by atoms with van der Waals surface area (Å²) in [5, 5.41) is 2.78. The molecule has 0 saturated carbocycles. The second-order valence-electron chi connectivity index (χ2n) is 3.39. The number of carbonyl (C=O) groups is 1. The van der Waals surface area contributed by atoms with Gasteiger partial charge in [0.1, 0.15) is 5.82 Å². The molecule has 1 fully saturated rings. The SMILES string of the molecule is C=C1CC(c2ccc(F)cc2)NC1=O. The zero-order valence-corrected chi connectivity index (χ0v) is 7.59. The molecule has 1 aromatic carbocycles. The molecule has 0 spiro atoms. The molecule has 72 valence electrons. The second-order valence-corrected chi connectivity index (χ2v) is 3.39. The molecule has 1 aromatic rings. The van der Waals surface area contributed by atoms with Gasteiger partial charge in [-0.2, -0.15) is 0 Å². The zero-order chi connectivity index (χ0) is 10.1. The van der Waals surface area contributed by atoms with Crippen LogP contribution in [0.25, 0.3) is 0 Å². The predicted octanol–water partition coefficient (Wildman–Crippen LogP) is 1.94. The summed E-state index contributed by atoms with van der Waals surface area (Å²) in [7, 11) is 0. The Labute approximate surface area is 81.4 Å². The molecule has 0 bridgehead atoms. The van der Waals surface area contributed by atoms with Gasteiger partial charge in [-0.1, -0.05) is 18.7 Å². The largest absolute Gasteiger partial charge is 0.345 e. The van der Waals surface area contributed by atoms with Gasteiger partial charge >= 0.3 is 0 Å². The van der Waals surface area contributed by atoms with E-state index in [2.05, 4.69) is 11.9 Å². The first-order chi connectivity index (χ1) is 6.66. The Morgan fingerprint density at radius 1 is 1.36 bits per heavy atom. The Bertz CT molecular complexity index is 367. The number of rotatable bonds is 1. The van der Waals surface area contributed by atoms with Crippen LogP contribution in [0.5, 0.6) is 0 Å². The van der Waals surface area contributed by atoms with E-state index in [-0.39, 0.29) is 17.8 Å². The van der Waals surface area contributed by atoms with Crippen molar-refractivity contribution in [3.05, 3.63) is 47.8 Å². The van der Waals surface area contributed by atoms with Gasteiger partial charge in [-0.3, -0.25) is 4.79 Å². The van der Waals surface area contributed by atoms with Crippen LogP contribution in [0, 0.1) is 5.82 Å². The highest BCUT2D eigenvalue weighted by atomic mass is 19.1. The van der Waals surface area contributed by atoms with Gasteiger partial charge in [0.05, 0.1) is 6.04 Å². The van der Waals surface area contributed by atoms with E-state index in [0.717, 1.165) is 5.56 Å². The Kier molecular flexibility index (Phi) is 2.08. The molecule has 0 radical (unpaired) electrons. The Morgan fingerprint density at radius 2 is 2.00 bits per heavy atom. The fourth-order valence-corrected chi connectivity index (χ4v) is 1.55. The number of carbonyl (C=O) groups excluding carboxylic acids is 1. The highest BCUT2D eigenvalue weighted by molar-refractivity contribution is 5.95. The highest BCUT2D eigenvalue weighted by Gasteiger charge is 2.25. The fraction of sp³-hybridized carbons (Fsp3) is 0.182. The summed E-state index contributed by atoms with van der Waals surface area (Å²) >= 11 is 0. The van der Waals surface area contributed by atoms with Crippen LogP contribution in [0.4, 0.5) is 4.39 Å². The zero-order valence-electron chi connectivity index (χ0n) is 7.59. The summed E-state index contributed by atoms with van der Waals surface area (Å²) < 4.78 is 12.6. The Hall–Kier alpha value is -1.64. The number of nitrogens with one attached hydrogen (secondary N) is 1. The molecule has 2 nitrogen and oxygen atoms in total. The van der Waals surface area contributed by atoms with Crippen molar-refractivity contribution in [2.24, 2.45) is 0 Å². The molecule has 0 aromatic heterocycles. The van der Waals surface area contributed by atoms with Crippen LogP contribution in [0.3, 0.4) is 0 Å². The van der Waals surface area contributed by atoms with E-state index in [1.165, 1.54) is 12.1 Å². The van der Waals surface area contributed by atoms with Gasteiger partial charge in [-0.15, -0.1) is 0 Å². The summed E-state index contributed by atoms with van der Waals surface area (Å²) in [6, 6.07) is 6.10. The van der Waals surface area contributed by atoms with E-state index in [9.17, 15) is 9.18 Å². The maximum atomic E-state index is 12.6. The molecule has 1 atom stereocenters. The van der Waals surface area contributed by atoms with Crippen LogP contribution in [-0.2, 0) is 4.79 Å². The van der Waals surface area contributed by atoms with Gasteiger partial charge in [0, 0.05) is 12.0 Å². The normalized spacial score (nSPS) is 21.1. The number of hydrogen-bond acceptors (Lipinski definition) is 1. The van der Waals surface area contributed by atoms with E-state index < -0.39 is 0 Å². The fourth-order valence-electron chi connectivity index (χ4n) is 1.55. The molecule has 0 aliphatic carbocycles. The molecular weight excluding hydrogens is 181 g/mol. The van der Waals surface area contributed by atoms with Crippen molar-refractivity contribution < 1.29 is 9.18 Å². The van der Waals surface area contributed by atoms with E-state index in [1.807, 2.05) is 0 Å². The van der Waals surface area contributed by atoms with Crippen molar-refractivity contribution in [1.82, 2.24) is 5.32 Å². The van der Waals surface area contributed by atoms with Crippen molar-refractivity contribution >= 4 is 5.91 Å². The summed E-state index contributed by atoms with van der Waals surface area (Å²) in [6.45, 7) is 3.64. The number of hydrogen-bond donors (Lipinski definition) is 1. The van der Waals surface area contributed by atoms with Crippen LogP contribution in [0.15, 0.2) is 36.4 Å². The third kappa shape index (κ3) is 1.53. The molecule has 14 heavy (non-hydrogen) atoms. The summed E-state index contributed by atoms with van der Waals surface area (Å²) in [5.41, 5.74) is 1.50. The predicted molar refractivity (Wildman–Crippen MR) is 51.0 cm³/mol. The maximum Gasteiger partial charge on any atom is 0.247 e. The first-order valence-electron chi connectivity index (χ1n) is 4.41. The second kappa shape index (κ2) is 3.25. The van der Waals surface area contributed by atoms with Gasteiger partial charge in [0.15, 0.2) is 0 Å². The first kappa shape index (κ1) is 8.94. The van der Waals surface area contributed by atoms with Crippen LogP contribution in [0.1, 0.15) is 18.0 Å². The molecule has 1 amide bonds. The van der Waals surface area contributed by atoms with Gasteiger partial charge in [0.25, 0.3) is 0 Å². The molecule has 1 unspecified atom stereocenters. The van der Waals surface area contributed by atoms with Crippen molar-refractivity contribution in [2.45, 2.75) is 12.5 Å². The smallest absolute Gasteiger partial charge is 0.247 e. The van der Waals surface area contributed by atoms with Crippen LogP contribution >= 0.6 is 0 Å². The summed E-state index contributed by atoms with van der Waals surface area (Å²) in [5.74, 6) is -0.378. The quantitative estimate of drug-likeness (QED) is 0.675. The minimum Gasteiger partial charge on any atom is -0.345 e. The standard InChI is InChI=1S/C11H10FNO/c1-7-6-10(13-11(7)14)8-2-4-9(12)5-3-8/h2-5,10H,1,6H2,(H,13,14). The molecule has 1 aliphatic heterocycles. The third-order valence-corrected chi connectivity index (χ3v) is 2.35. The summed E-state index contributed by atoms with van der Waals surface area (Å²) in [4.78, 5) is 11.1. The summed E-state index contributed by atoms with van der Waals surface area (Å²) in [6.07, 6.45) is 0.602. The topological polar surface area (TPSA) is 29.1 Å². The van der Waals surface area contributed by atoms with Gasteiger partial charge in [-0.25, -0.2) is 4.39 Å². The highest BCUT2D eigenvalue weighted by Crippen LogP contribution is 2.26. The lowest BCUT2D eigenvalue weighted by Gasteiger charge is -2.08. The van der Waals surface area contributed by atoms with Crippen molar-refractivity contribution in [3.63, 3.8) is 0 Å².